The van der Waals surface area contributed by atoms with Gasteiger partial charge in [0.25, 0.3) is 0 Å². The highest BCUT2D eigenvalue weighted by Crippen LogP contribution is 2.19. The van der Waals surface area contributed by atoms with Crippen molar-refractivity contribution in [1.29, 1.82) is 0 Å². The molecular formula is C12H13N3OS. The summed E-state index contributed by atoms with van der Waals surface area (Å²) < 4.78 is 5.57. The molecule has 1 N–H and O–H groups in total. The van der Waals surface area contributed by atoms with Gasteiger partial charge in [-0.1, -0.05) is 42.2 Å². The van der Waals surface area contributed by atoms with Gasteiger partial charge in [-0.2, -0.15) is 0 Å². The Hall–Kier alpha value is -1.88. The lowest BCUT2D eigenvalue weighted by molar-refractivity contribution is 0.359. The van der Waals surface area contributed by atoms with Gasteiger partial charge >= 0.3 is 0 Å². The maximum absolute atomic E-state index is 5.57. The molecule has 0 saturated carbocycles. The van der Waals surface area contributed by atoms with Crippen molar-refractivity contribution in [3.05, 3.63) is 48.0 Å². The van der Waals surface area contributed by atoms with Crippen LogP contribution in [0.3, 0.4) is 0 Å². The van der Waals surface area contributed by atoms with E-state index in [2.05, 4.69) is 22.1 Å². The first-order chi connectivity index (χ1) is 8.40. The number of ether oxygens (including phenoxy) is 1. The van der Waals surface area contributed by atoms with Crippen molar-refractivity contribution in [1.82, 2.24) is 10.2 Å². The summed E-state index contributed by atoms with van der Waals surface area (Å²) in [6.07, 6.45) is 1.73. The van der Waals surface area contributed by atoms with Crippen LogP contribution >= 0.6 is 11.3 Å². The summed E-state index contributed by atoms with van der Waals surface area (Å²) in [7, 11) is 0. The van der Waals surface area contributed by atoms with Gasteiger partial charge in [-0.3, -0.25) is 0 Å². The molecule has 0 unspecified atom stereocenters. The molecule has 0 spiro atoms. The van der Waals surface area contributed by atoms with Gasteiger partial charge in [-0.25, -0.2) is 0 Å². The van der Waals surface area contributed by atoms with Gasteiger partial charge in [-0.15, -0.1) is 10.2 Å². The highest BCUT2D eigenvalue weighted by molar-refractivity contribution is 7.13. The van der Waals surface area contributed by atoms with Crippen molar-refractivity contribution in [3.8, 4) is 5.75 Å². The SMILES string of the molecule is C=CCOc1ccccc1CNc1nncs1. The molecule has 2 aromatic rings. The fourth-order valence-electron chi connectivity index (χ4n) is 1.36. The third-order valence-corrected chi connectivity index (χ3v) is 2.77. The molecule has 0 bridgehead atoms. The lowest BCUT2D eigenvalue weighted by atomic mass is 10.2. The largest absolute Gasteiger partial charge is 0.489 e. The smallest absolute Gasteiger partial charge is 0.205 e. The van der Waals surface area contributed by atoms with Gasteiger partial charge in [0.05, 0.1) is 0 Å². The molecule has 17 heavy (non-hydrogen) atoms. The number of hydrogen-bond donors (Lipinski definition) is 1. The summed E-state index contributed by atoms with van der Waals surface area (Å²) in [5.74, 6) is 0.865. The molecule has 88 valence electrons. The lowest BCUT2D eigenvalue weighted by Crippen LogP contribution is -2.03. The zero-order valence-electron chi connectivity index (χ0n) is 9.30. The Morgan fingerprint density at radius 1 is 1.41 bits per heavy atom. The van der Waals surface area contributed by atoms with Crippen molar-refractivity contribution in [2.24, 2.45) is 0 Å². The molecule has 0 aliphatic heterocycles. The van der Waals surface area contributed by atoms with Crippen molar-refractivity contribution in [3.63, 3.8) is 0 Å². The molecule has 5 heteroatoms. The van der Waals surface area contributed by atoms with E-state index in [9.17, 15) is 0 Å². The van der Waals surface area contributed by atoms with Crippen molar-refractivity contribution < 1.29 is 4.74 Å². The van der Waals surface area contributed by atoms with Gasteiger partial charge in [-0.05, 0) is 6.07 Å². The minimum absolute atomic E-state index is 0.510. The molecule has 1 heterocycles. The van der Waals surface area contributed by atoms with Gasteiger partial charge in [0.2, 0.25) is 5.13 Å². The average molecular weight is 247 g/mol. The number of anilines is 1. The van der Waals surface area contributed by atoms with Crippen LogP contribution in [0.25, 0.3) is 0 Å². The van der Waals surface area contributed by atoms with Crippen LogP contribution in [0.1, 0.15) is 5.56 Å². The summed E-state index contributed by atoms with van der Waals surface area (Å²) in [5.41, 5.74) is 2.78. The molecule has 0 aliphatic carbocycles. The molecule has 0 aliphatic rings. The minimum Gasteiger partial charge on any atom is -0.489 e. The van der Waals surface area contributed by atoms with E-state index >= 15 is 0 Å². The zero-order chi connectivity index (χ0) is 11.9. The van der Waals surface area contributed by atoms with Gasteiger partial charge in [0, 0.05) is 12.1 Å². The molecular weight excluding hydrogens is 234 g/mol. The maximum atomic E-state index is 5.57. The molecule has 0 radical (unpaired) electrons. The van der Waals surface area contributed by atoms with E-state index in [0.717, 1.165) is 16.4 Å². The normalized spacial score (nSPS) is 9.88. The van der Waals surface area contributed by atoms with E-state index in [1.165, 1.54) is 11.3 Å². The Morgan fingerprint density at radius 2 is 2.29 bits per heavy atom. The van der Waals surface area contributed by atoms with Gasteiger partial charge in [0.15, 0.2) is 0 Å². The minimum atomic E-state index is 0.510. The molecule has 1 aromatic heterocycles. The Labute approximate surface area is 104 Å². The van der Waals surface area contributed by atoms with Crippen LogP contribution in [0.15, 0.2) is 42.4 Å². The summed E-state index contributed by atoms with van der Waals surface area (Å²) in [5, 5.41) is 11.7. The van der Waals surface area contributed by atoms with Crippen LogP contribution in [0, 0.1) is 0 Å². The van der Waals surface area contributed by atoms with Crippen LogP contribution in [0.2, 0.25) is 0 Å². The molecule has 2 rings (SSSR count). The van der Waals surface area contributed by atoms with E-state index in [1.54, 1.807) is 11.6 Å². The predicted octanol–water partition coefficient (Wildman–Crippen LogP) is 2.72. The first-order valence-electron chi connectivity index (χ1n) is 5.22. The van der Waals surface area contributed by atoms with E-state index in [-0.39, 0.29) is 0 Å². The quantitative estimate of drug-likeness (QED) is 0.797. The van der Waals surface area contributed by atoms with Gasteiger partial charge < -0.3 is 10.1 Å². The number of nitrogens with zero attached hydrogens (tertiary/aromatic N) is 2. The lowest BCUT2D eigenvalue weighted by Gasteiger charge is -2.10. The van der Waals surface area contributed by atoms with E-state index in [1.807, 2.05) is 24.3 Å². The first kappa shape index (κ1) is 11.6. The third-order valence-electron chi connectivity index (χ3n) is 2.12. The third kappa shape index (κ3) is 3.29. The summed E-state index contributed by atoms with van der Waals surface area (Å²) >= 11 is 1.48. The Bertz CT molecular complexity index is 470. The van der Waals surface area contributed by atoms with Crippen molar-refractivity contribution in [2.45, 2.75) is 6.54 Å². The average Bonchev–Trinajstić information content (AvgIpc) is 2.88. The van der Waals surface area contributed by atoms with Crippen LogP contribution in [0.5, 0.6) is 5.75 Å². The zero-order valence-corrected chi connectivity index (χ0v) is 10.1. The molecule has 0 fully saturated rings. The second kappa shape index (κ2) is 6.00. The van der Waals surface area contributed by atoms with Gasteiger partial charge in [0.1, 0.15) is 17.9 Å². The second-order valence-corrected chi connectivity index (χ2v) is 4.14. The van der Waals surface area contributed by atoms with E-state index in [0.29, 0.717) is 13.2 Å². The Kier molecular flexibility index (Phi) is 4.10. The topological polar surface area (TPSA) is 47.0 Å². The van der Waals surface area contributed by atoms with Crippen LogP contribution < -0.4 is 10.1 Å². The molecule has 1 aromatic carbocycles. The number of benzene rings is 1. The van der Waals surface area contributed by atoms with Crippen molar-refractivity contribution >= 4 is 16.5 Å². The van der Waals surface area contributed by atoms with Crippen molar-refractivity contribution in [2.75, 3.05) is 11.9 Å². The van der Waals surface area contributed by atoms with E-state index in [4.69, 9.17) is 4.74 Å². The molecule has 0 atom stereocenters. The number of nitrogens with one attached hydrogen (secondary N) is 1. The first-order valence-corrected chi connectivity index (χ1v) is 6.10. The Morgan fingerprint density at radius 3 is 3.06 bits per heavy atom. The number of aromatic nitrogens is 2. The summed E-state index contributed by atoms with van der Waals surface area (Å²) in [4.78, 5) is 0. The number of hydrogen-bond acceptors (Lipinski definition) is 5. The molecule has 4 nitrogen and oxygen atoms in total. The standard InChI is InChI=1S/C12H13N3OS/c1-2-7-16-11-6-4-3-5-10(11)8-13-12-15-14-9-17-12/h2-6,9H,1,7-8H2,(H,13,15). The maximum Gasteiger partial charge on any atom is 0.205 e. The fourth-order valence-corrected chi connectivity index (χ4v) is 1.80. The van der Waals surface area contributed by atoms with E-state index < -0.39 is 0 Å². The highest BCUT2D eigenvalue weighted by atomic mass is 32.1. The fraction of sp³-hybridized carbons (Fsp3) is 0.167. The molecule has 0 amide bonds. The number of para-hydroxylation sites is 1. The van der Waals surface area contributed by atoms with Crippen LogP contribution in [0.4, 0.5) is 5.13 Å². The molecule has 0 saturated heterocycles. The summed E-state index contributed by atoms with van der Waals surface area (Å²) in [6.45, 7) is 4.81. The second-order valence-electron chi connectivity index (χ2n) is 3.30. The highest BCUT2D eigenvalue weighted by Gasteiger charge is 2.03. The number of rotatable bonds is 6. The monoisotopic (exact) mass is 247 g/mol. The Balaban J connectivity index is 2.01. The predicted molar refractivity (Wildman–Crippen MR) is 69.4 cm³/mol. The van der Waals surface area contributed by atoms with Crippen LogP contribution in [-0.4, -0.2) is 16.8 Å². The summed E-state index contributed by atoms with van der Waals surface area (Å²) in [6, 6.07) is 7.90. The van der Waals surface area contributed by atoms with Crippen LogP contribution in [-0.2, 0) is 6.54 Å².